The molecule has 7 nitrogen and oxygen atoms in total. The Morgan fingerprint density at radius 2 is 1.92 bits per heavy atom. The van der Waals surface area contributed by atoms with Gasteiger partial charge in [-0.05, 0) is 36.1 Å². The van der Waals surface area contributed by atoms with Gasteiger partial charge in [0.2, 0.25) is 15.9 Å². The van der Waals surface area contributed by atoms with Crippen molar-refractivity contribution in [3.8, 4) is 5.19 Å². The topological polar surface area (TPSA) is 79.8 Å². The minimum absolute atomic E-state index is 0.136. The van der Waals surface area contributed by atoms with Crippen LogP contribution >= 0.6 is 11.3 Å². The first kappa shape index (κ1) is 16.2. The van der Waals surface area contributed by atoms with E-state index in [-0.39, 0.29) is 12.0 Å². The number of aryl methyl sites for hydroxylation is 1. The number of amides is 1. The molecule has 0 bridgehead atoms. The van der Waals surface area contributed by atoms with Crippen LogP contribution in [0.3, 0.4) is 0 Å². The normalized spacial score (nSPS) is 20.2. The van der Waals surface area contributed by atoms with Gasteiger partial charge in [0.05, 0.1) is 23.7 Å². The van der Waals surface area contributed by atoms with E-state index in [2.05, 4.69) is 4.98 Å². The Labute approximate surface area is 155 Å². The minimum Gasteiger partial charge on any atom is -0.464 e. The SMILES string of the molecule is O=C1CCc2cc(S(=O)(=O)N3CC(Oc4nccs4)C3)cc3c2N1CC3. The van der Waals surface area contributed by atoms with Crippen LogP contribution in [0.1, 0.15) is 17.5 Å². The monoisotopic (exact) mass is 391 g/mol. The van der Waals surface area contributed by atoms with Crippen molar-refractivity contribution in [2.75, 3.05) is 24.5 Å². The average molecular weight is 391 g/mol. The molecule has 1 amide bonds. The zero-order valence-corrected chi connectivity index (χ0v) is 15.6. The standard InChI is InChI=1S/C17H17N3O4S2/c21-15-2-1-11-7-14(8-12-3-5-20(15)16(11)12)26(22,23)19-9-13(10-19)24-17-18-4-6-25-17/h4,6-8,13H,1-3,5,9-10H2. The number of sulfonamides is 1. The van der Waals surface area contributed by atoms with E-state index < -0.39 is 10.0 Å². The molecule has 0 unspecified atom stereocenters. The van der Waals surface area contributed by atoms with E-state index in [0.29, 0.717) is 49.0 Å². The number of carbonyl (C=O) groups excluding carboxylic acids is 1. The Hall–Kier alpha value is -1.97. The number of hydrogen-bond acceptors (Lipinski definition) is 6. The van der Waals surface area contributed by atoms with Crippen LogP contribution in [0.2, 0.25) is 0 Å². The lowest BCUT2D eigenvalue weighted by atomic mass is 10.00. The summed E-state index contributed by atoms with van der Waals surface area (Å²) in [5.74, 6) is 0.136. The highest BCUT2D eigenvalue weighted by atomic mass is 32.2. The van der Waals surface area contributed by atoms with E-state index in [4.69, 9.17) is 4.74 Å². The molecule has 5 rings (SSSR count). The Bertz CT molecular complexity index is 982. The fourth-order valence-corrected chi connectivity index (χ4v) is 5.96. The molecule has 0 spiro atoms. The van der Waals surface area contributed by atoms with Gasteiger partial charge in [0.1, 0.15) is 6.10 Å². The molecule has 136 valence electrons. The summed E-state index contributed by atoms with van der Waals surface area (Å²) >= 11 is 1.40. The molecule has 0 atom stereocenters. The first-order chi connectivity index (χ1) is 12.5. The van der Waals surface area contributed by atoms with Gasteiger partial charge in [-0.25, -0.2) is 13.4 Å². The number of thiazole rings is 1. The van der Waals surface area contributed by atoms with Crippen molar-refractivity contribution in [2.45, 2.75) is 30.3 Å². The molecule has 0 aliphatic carbocycles. The highest BCUT2D eigenvalue weighted by Gasteiger charge is 2.40. The number of carbonyl (C=O) groups is 1. The van der Waals surface area contributed by atoms with E-state index in [1.54, 1.807) is 23.2 Å². The minimum atomic E-state index is -3.54. The predicted molar refractivity (Wildman–Crippen MR) is 96.1 cm³/mol. The maximum atomic E-state index is 13.0. The summed E-state index contributed by atoms with van der Waals surface area (Å²) in [5, 5.41) is 2.39. The summed E-state index contributed by atoms with van der Waals surface area (Å²) in [6, 6.07) is 3.48. The Kier molecular flexibility index (Phi) is 3.60. The fourth-order valence-electron chi connectivity index (χ4n) is 3.81. The molecule has 2 aromatic rings. The predicted octanol–water partition coefficient (Wildman–Crippen LogP) is 1.43. The quantitative estimate of drug-likeness (QED) is 0.788. The Balaban J connectivity index is 1.38. The average Bonchev–Trinajstić information content (AvgIpc) is 3.24. The van der Waals surface area contributed by atoms with Crippen molar-refractivity contribution in [1.82, 2.24) is 9.29 Å². The molecule has 1 aromatic carbocycles. The molecule has 3 aliphatic heterocycles. The van der Waals surface area contributed by atoms with E-state index in [1.807, 2.05) is 5.38 Å². The Morgan fingerprint density at radius 1 is 1.15 bits per heavy atom. The molecule has 1 fully saturated rings. The fraction of sp³-hybridized carbons (Fsp3) is 0.412. The van der Waals surface area contributed by atoms with E-state index >= 15 is 0 Å². The number of rotatable bonds is 4. The van der Waals surface area contributed by atoms with Gasteiger partial charge >= 0.3 is 0 Å². The van der Waals surface area contributed by atoms with Gasteiger partial charge in [-0.15, -0.1) is 0 Å². The first-order valence-corrected chi connectivity index (χ1v) is 10.9. The van der Waals surface area contributed by atoms with Crippen molar-refractivity contribution in [3.63, 3.8) is 0 Å². The summed E-state index contributed by atoms with van der Waals surface area (Å²) in [7, 11) is -3.54. The molecule has 1 aromatic heterocycles. The number of benzene rings is 1. The third-order valence-electron chi connectivity index (χ3n) is 5.15. The number of hydrogen-bond donors (Lipinski definition) is 0. The van der Waals surface area contributed by atoms with E-state index in [9.17, 15) is 13.2 Å². The molecule has 4 heterocycles. The van der Waals surface area contributed by atoms with Gasteiger partial charge < -0.3 is 9.64 Å². The van der Waals surface area contributed by atoms with Crippen LogP contribution in [0, 0.1) is 0 Å². The van der Waals surface area contributed by atoms with Gasteiger partial charge in [-0.3, -0.25) is 4.79 Å². The number of ether oxygens (including phenoxy) is 1. The molecule has 0 radical (unpaired) electrons. The van der Waals surface area contributed by atoms with Gasteiger partial charge in [-0.1, -0.05) is 11.3 Å². The number of nitrogens with zero attached hydrogens (tertiary/aromatic N) is 3. The molecular formula is C17H17N3O4S2. The summed E-state index contributed by atoms with van der Waals surface area (Å²) in [5.41, 5.74) is 2.87. The smallest absolute Gasteiger partial charge is 0.273 e. The van der Waals surface area contributed by atoms with Crippen LogP contribution in [0.4, 0.5) is 5.69 Å². The highest BCUT2D eigenvalue weighted by molar-refractivity contribution is 7.89. The molecule has 26 heavy (non-hydrogen) atoms. The zero-order valence-electron chi connectivity index (χ0n) is 13.9. The van der Waals surface area contributed by atoms with Crippen molar-refractivity contribution in [3.05, 3.63) is 34.8 Å². The number of anilines is 1. The van der Waals surface area contributed by atoms with Crippen LogP contribution < -0.4 is 9.64 Å². The van der Waals surface area contributed by atoms with Crippen molar-refractivity contribution >= 4 is 33.0 Å². The molecule has 3 aliphatic rings. The third kappa shape index (κ3) is 2.45. The van der Waals surface area contributed by atoms with Crippen molar-refractivity contribution in [1.29, 1.82) is 0 Å². The van der Waals surface area contributed by atoms with Crippen LogP contribution in [0.5, 0.6) is 5.19 Å². The maximum Gasteiger partial charge on any atom is 0.273 e. The van der Waals surface area contributed by atoms with Crippen molar-refractivity contribution in [2.24, 2.45) is 0 Å². The third-order valence-corrected chi connectivity index (χ3v) is 7.63. The van der Waals surface area contributed by atoms with Crippen LogP contribution in [-0.4, -0.2) is 49.4 Å². The van der Waals surface area contributed by atoms with Gasteiger partial charge in [-0.2, -0.15) is 4.31 Å². The number of aromatic nitrogens is 1. The summed E-state index contributed by atoms with van der Waals surface area (Å²) in [4.78, 5) is 18.2. The van der Waals surface area contributed by atoms with Crippen LogP contribution in [-0.2, 0) is 27.7 Å². The Morgan fingerprint density at radius 3 is 2.65 bits per heavy atom. The van der Waals surface area contributed by atoms with Crippen LogP contribution in [0.25, 0.3) is 0 Å². The first-order valence-electron chi connectivity index (χ1n) is 8.55. The van der Waals surface area contributed by atoms with Gasteiger partial charge in [0.25, 0.3) is 5.19 Å². The zero-order chi connectivity index (χ0) is 17.9. The lowest BCUT2D eigenvalue weighted by Gasteiger charge is -2.37. The lowest BCUT2D eigenvalue weighted by Crippen LogP contribution is -2.55. The van der Waals surface area contributed by atoms with E-state index in [0.717, 1.165) is 16.8 Å². The molecule has 9 heteroatoms. The van der Waals surface area contributed by atoms with E-state index in [1.165, 1.54) is 15.6 Å². The second-order valence-electron chi connectivity index (χ2n) is 6.75. The lowest BCUT2D eigenvalue weighted by molar-refractivity contribution is -0.118. The molecular weight excluding hydrogens is 374 g/mol. The summed E-state index contributed by atoms with van der Waals surface area (Å²) < 4.78 is 33.0. The summed E-state index contributed by atoms with van der Waals surface area (Å²) in [6.07, 6.45) is 3.28. The second-order valence-corrected chi connectivity index (χ2v) is 9.54. The second kappa shape index (κ2) is 5.77. The van der Waals surface area contributed by atoms with Crippen molar-refractivity contribution < 1.29 is 17.9 Å². The molecule has 1 saturated heterocycles. The van der Waals surface area contributed by atoms with Crippen LogP contribution in [0.15, 0.2) is 28.6 Å². The molecule has 0 N–H and O–H groups in total. The molecule has 0 saturated carbocycles. The maximum absolute atomic E-state index is 13.0. The highest BCUT2D eigenvalue weighted by Crippen LogP contribution is 2.39. The summed E-state index contributed by atoms with van der Waals surface area (Å²) in [6.45, 7) is 1.32. The van der Waals surface area contributed by atoms with Gasteiger partial charge in [0.15, 0.2) is 0 Å². The van der Waals surface area contributed by atoms with Gasteiger partial charge in [0, 0.05) is 24.5 Å². The largest absolute Gasteiger partial charge is 0.464 e.